The Morgan fingerprint density at radius 2 is 1.77 bits per heavy atom. The summed E-state index contributed by atoms with van der Waals surface area (Å²) in [6, 6.07) is 13.3. The highest BCUT2D eigenvalue weighted by molar-refractivity contribution is 5.74. The standard InChI is InChI=1S/C19H22O3/c1-13(2)17-7-5-6-8-18(17)21-12-19(20)22-16-10-9-14(3)15(4)11-16/h5-11,13H,12H2,1-4H3. The Balaban J connectivity index is 1.97. The summed E-state index contributed by atoms with van der Waals surface area (Å²) in [7, 11) is 0. The highest BCUT2D eigenvalue weighted by atomic mass is 16.6. The molecule has 2 rings (SSSR count). The molecule has 0 heterocycles. The van der Waals surface area contributed by atoms with Crippen molar-refractivity contribution in [3.8, 4) is 11.5 Å². The van der Waals surface area contributed by atoms with Crippen LogP contribution in [0.5, 0.6) is 11.5 Å². The first-order valence-electron chi connectivity index (χ1n) is 7.47. The molecule has 0 radical (unpaired) electrons. The normalized spacial score (nSPS) is 10.6. The molecule has 0 saturated heterocycles. The lowest BCUT2D eigenvalue weighted by atomic mass is 10.0. The summed E-state index contributed by atoms with van der Waals surface area (Å²) in [5.41, 5.74) is 3.35. The summed E-state index contributed by atoms with van der Waals surface area (Å²) in [6.07, 6.45) is 0. The van der Waals surface area contributed by atoms with Crippen molar-refractivity contribution in [2.45, 2.75) is 33.6 Å². The zero-order valence-corrected chi connectivity index (χ0v) is 13.6. The van der Waals surface area contributed by atoms with Gasteiger partial charge in [0.05, 0.1) is 0 Å². The molecule has 3 heteroatoms. The fraction of sp³-hybridized carbons (Fsp3) is 0.316. The Kier molecular flexibility index (Phi) is 5.21. The summed E-state index contributed by atoms with van der Waals surface area (Å²) < 4.78 is 10.9. The molecule has 2 aromatic rings. The number of rotatable bonds is 5. The molecule has 0 unspecified atom stereocenters. The largest absolute Gasteiger partial charge is 0.482 e. The van der Waals surface area contributed by atoms with E-state index in [4.69, 9.17) is 9.47 Å². The molecule has 0 aliphatic rings. The molecular formula is C19H22O3. The van der Waals surface area contributed by atoms with Crippen LogP contribution in [0.1, 0.15) is 36.5 Å². The predicted octanol–water partition coefficient (Wildman–Crippen LogP) is 4.41. The van der Waals surface area contributed by atoms with Crippen LogP contribution in [-0.2, 0) is 4.79 Å². The molecule has 2 aromatic carbocycles. The summed E-state index contributed by atoms with van der Waals surface area (Å²) in [5, 5.41) is 0. The number of aryl methyl sites for hydroxylation is 2. The Morgan fingerprint density at radius 3 is 2.45 bits per heavy atom. The first-order valence-corrected chi connectivity index (χ1v) is 7.47. The van der Waals surface area contributed by atoms with E-state index in [2.05, 4.69) is 13.8 Å². The van der Waals surface area contributed by atoms with Gasteiger partial charge in [-0.25, -0.2) is 4.79 Å². The summed E-state index contributed by atoms with van der Waals surface area (Å²) in [4.78, 5) is 11.9. The number of hydrogen-bond acceptors (Lipinski definition) is 3. The topological polar surface area (TPSA) is 35.5 Å². The monoisotopic (exact) mass is 298 g/mol. The molecule has 0 atom stereocenters. The highest BCUT2D eigenvalue weighted by Gasteiger charge is 2.11. The lowest BCUT2D eigenvalue weighted by molar-refractivity contribution is -0.136. The van der Waals surface area contributed by atoms with Gasteiger partial charge in [-0.1, -0.05) is 38.1 Å². The average Bonchev–Trinajstić information content (AvgIpc) is 2.49. The van der Waals surface area contributed by atoms with Crippen molar-refractivity contribution >= 4 is 5.97 Å². The maximum atomic E-state index is 11.9. The van der Waals surface area contributed by atoms with Crippen LogP contribution in [0, 0.1) is 13.8 Å². The van der Waals surface area contributed by atoms with Crippen LogP contribution in [0.2, 0.25) is 0 Å². The number of carbonyl (C=O) groups is 1. The minimum atomic E-state index is -0.401. The fourth-order valence-electron chi connectivity index (χ4n) is 2.16. The van der Waals surface area contributed by atoms with Gasteiger partial charge < -0.3 is 9.47 Å². The second-order valence-corrected chi connectivity index (χ2v) is 5.70. The Labute approximate surface area is 131 Å². The Bertz CT molecular complexity index is 659. The van der Waals surface area contributed by atoms with E-state index in [-0.39, 0.29) is 6.61 Å². The second kappa shape index (κ2) is 7.12. The highest BCUT2D eigenvalue weighted by Crippen LogP contribution is 2.25. The van der Waals surface area contributed by atoms with Gasteiger partial charge in [-0.3, -0.25) is 0 Å². The number of benzene rings is 2. The van der Waals surface area contributed by atoms with Gasteiger partial charge in [-0.2, -0.15) is 0 Å². The zero-order chi connectivity index (χ0) is 16.1. The maximum absolute atomic E-state index is 11.9. The number of carbonyl (C=O) groups excluding carboxylic acids is 1. The third kappa shape index (κ3) is 4.10. The number of hydrogen-bond donors (Lipinski definition) is 0. The lowest BCUT2D eigenvalue weighted by Crippen LogP contribution is -2.18. The minimum Gasteiger partial charge on any atom is -0.482 e. The van der Waals surface area contributed by atoms with Gasteiger partial charge >= 0.3 is 5.97 Å². The number of ether oxygens (including phenoxy) is 2. The molecule has 3 nitrogen and oxygen atoms in total. The molecule has 0 aliphatic carbocycles. The fourth-order valence-corrected chi connectivity index (χ4v) is 2.16. The van der Waals surface area contributed by atoms with Crippen LogP contribution in [0.3, 0.4) is 0 Å². The van der Waals surface area contributed by atoms with Crippen molar-refractivity contribution < 1.29 is 14.3 Å². The van der Waals surface area contributed by atoms with Gasteiger partial charge in [0.15, 0.2) is 6.61 Å². The smallest absolute Gasteiger partial charge is 0.349 e. The first kappa shape index (κ1) is 16.1. The quantitative estimate of drug-likeness (QED) is 0.606. The first-order chi connectivity index (χ1) is 10.5. The SMILES string of the molecule is Cc1ccc(OC(=O)COc2ccccc2C(C)C)cc1C. The molecule has 0 fully saturated rings. The Morgan fingerprint density at radius 1 is 1.05 bits per heavy atom. The third-order valence-electron chi connectivity index (χ3n) is 3.60. The van der Waals surface area contributed by atoms with Gasteiger partial charge in [0, 0.05) is 0 Å². The van der Waals surface area contributed by atoms with Crippen molar-refractivity contribution in [2.24, 2.45) is 0 Å². The summed E-state index contributed by atoms with van der Waals surface area (Å²) >= 11 is 0. The maximum Gasteiger partial charge on any atom is 0.349 e. The van der Waals surface area contributed by atoms with Gasteiger partial charge in [0.25, 0.3) is 0 Å². The molecule has 0 aliphatic heterocycles. The Hall–Kier alpha value is -2.29. The number of para-hydroxylation sites is 1. The third-order valence-corrected chi connectivity index (χ3v) is 3.60. The van der Waals surface area contributed by atoms with Crippen molar-refractivity contribution in [3.05, 3.63) is 59.2 Å². The summed E-state index contributed by atoms with van der Waals surface area (Å²) in [5.74, 6) is 1.22. The van der Waals surface area contributed by atoms with E-state index in [1.165, 1.54) is 5.56 Å². The van der Waals surface area contributed by atoms with E-state index >= 15 is 0 Å². The molecule has 0 amide bonds. The van der Waals surface area contributed by atoms with Crippen molar-refractivity contribution in [3.63, 3.8) is 0 Å². The van der Waals surface area contributed by atoms with E-state index in [9.17, 15) is 4.79 Å². The second-order valence-electron chi connectivity index (χ2n) is 5.70. The molecular weight excluding hydrogens is 276 g/mol. The van der Waals surface area contributed by atoms with Crippen LogP contribution in [-0.4, -0.2) is 12.6 Å². The molecule has 22 heavy (non-hydrogen) atoms. The van der Waals surface area contributed by atoms with E-state index in [0.29, 0.717) is 11.7 Å². The molecule has 0 bridgehead atoms. The zero-order valence-electron chi connectivity index (χ0n) is 13.6. The van der Waals surface area contributed by atoms with E-state index in [1.807, 2.05) is 50.2 Å². The van der Waals surface area contributed by atoms with Gasteiger partial charge in [-0.15, -0.1) is 0 Å². The van der Waals surface area contributed by atoms with Gasteiger partial charge in [0.2, 0.25) is 0 Å². The molecule has 116 valence electrons. The van der Waals surface area contributed by atoms with Crippen molar-refractivity contribution in [1.29, 1.82) is 0 Å². The van der Waals surface area contributed by atoms with Crippen LogP contribution in [0.15, 0.2) is 42.5 Å². The van der Waals surface area contributed by atoms with Gasteiger partial charge in [-0.05, 0) is 54.7 Å². The minimum absolute atomic E-state index is 0.101. The van der Waals surface area contributed by atoms with Crippen LogP contribution in [0.25, 0.3) is 0 Å². The van der Waals surface area contributed by atoms with E-state index in [0.717, 1.165) is 16.9 Å². The average molecular weight is 298 g/mol. The van der Waals surface area contributed by atoms with Crippen LogP contribution in [0.4, 0.5) is 0 Å². The van der Waals surface area contributed by atoms with Gasteiger partial charge in [0.1, 0.15) is 11.5 Å². The molecule has 0 N–H and O–H groups in total. The lowest BCUT2D eigenvalue weighted by Gasteiger charge is -2.13. The molecule has 0 saturated carbocycles. The number of esters is 1. The van der Waals surface area contributed by atoms with Crippen LogP contribution >= 0.6 is 0 Å². The van der Waals surface area contributed by atoms with Crippen LogP contribution < -0.4 is 9.47 Å². The molecule has 0 spiro atoms. The van der Waals surface area contributed by atoms with E-state index < -0.39 is 5.97 Å². The van der Waals surface area contributed by atoms with Crippen molar-refractivity contribution in [1.82, 2.24) is 0 Å². The molecule has 0 aromatic heterocycles. The van der Waals surface area contributed by atoms with Crippen molar-refractivity contribution in [2.75, 3.05) is 6.61 Å². The predicted molar refractivity (Wildman–Crippen MR) is 87.6 cm³/mol. The van der Waals surface area contributed by atoms with E-state index in [1.54, 1.807) is 6.07 Å². The summed E-state index contributed by atoms with van der Waals surface area (Å²) in [6.45, 7) is 8.09.